The normalized spacial score (nSPS) is 15.5. The molecule has 0 spiro atoms. The van der Waals surface area contributed by atoms with E-state index in [-0.39, 0.29) is 16.5 Å². The molecule has 0 aliphatic carbocycles. The molecule has 1 aromatic heterocycles. The first-order valence-electron chi connectivity index (χ1n) is 5.59. The van der Waals surface area contributed by atoms with Crippen molar-refractivity contribution in [1.82, 2.24) is 4.98 Å². The number of carbonyl (C=O) groups excluding carboxylic acids is 1. The van der Waals surface area contributed by atoms with Crippen molar-refractivity contribution in [2.75, 3.05) is 5.32 Å². The number of nitrogens with one attached hydrogen (secondary N) is 1. The number of anilines is 1. The Hall–Kier alpha value is -2.20. The van der Waals surface area contributed by atoms with Crippen molar-refractivity contribution in [1.29, 1.82) is 0 Å². The number of nitrogens with zero attached hydrogens (tertiary/aromatic N) is 1. The Bertz CT molecular complexity index is 712. The Balaban J connectivity index is 2.14. The molecule has 94 valence electrons. The van der Waals surface area contributed by atoms with Gasteiger partial charge in [0.05, 0.1) is 22.0 Å². The Kier molecular flexibility index (Phi) is 2.80. The van der Waals surface area contributed by atoms with Crippen LogP contribution >= 0.6 is 11.6 Å². The Morgan fingerprint density at radius 1 is 1.26 bits per heavy atom. The van der Waals surface area contributed by atoms with Gasteiger partial charge >= 0.3 is 0 Å². The molecule has 19 heavy (non-hydrogen) atoms. The third-order valence-electron chi connectivity index (χ3n) is 2.84. The van der Waals surface area contributed by atoms with Crippen molar-refractivity contribution in [3.63, 3.8) is 0 Å². The zero-order valence-electron chi connectivity index (χ0n) is 9.65. The number of halogens is 2. The highest BCUT2D eigenvalue weighted by molar-refractivity contribution is 6.34. The predicted molar refractivity (Wildman–Crippen MR) is 72.1 cm³/mol. The van der Waals surface area contributed by atoms with E-state index in [0.717, 1.165) is 0 Å². The van der Waals surface area contributed by atoms with Crippen LogP contribution in [0, 0.1) is 5.82 Å². The minimum atomic E-state index is -0.547. The number of benzene rings is 1. The number of pyridine rings is 1. The number of hydrogen-bond donors (Lipinski definition) is 1. The van der Waals surface area contributed by atoms with Crippen LogP contribution in [0.1, 0.15) is 11.3 Å². The molecular formula is C14H8ClFN2O. The summed E-state index contributed by atoms with van der Waals surface area (Å²) in [7, 11) is 0. The van der Waals surface area contributed by atoms with Gasteiger partial charge in [-0.25, -0.2) is 4.39 Å². The van der Waals surface area contributed by atoms with E-state index >= 15 is 0 Å². The van der Waals surface area contributed by atoms with E-state index in [9.17, 15) is 9.18 Å². The van der Waals surface area contributed by atoms with Gasteiger partial charge in [-0.3, -0.25) is 9.78 Å². The summed E-state index contributed by atoms with van der Waals surface area (Å²) in [5.41, 5.74) is 1.74. The van der Waals surface area contributed by atoms with Crippen molar-refractivity contribution in [2.45, 2.75) is 0 Å². The fourth-order valence-corrected chi connectivity index (χ4v) is 2.12. The van der Waals surface area contributed by atoms with Crippen molar-refractivity contribution in [3.8, 4) is 0 Å². The minimum absolute atomic E-state index is 0.0222. The van der Waals surface area contributed by atoms with Crippen LogP contribution in [0.15, 0.2) is 36.5 Å². The smallest absolute Gasteiger partial charge is 0.258 e. The third kappa shape index (κ3) is 2.00. The molecule has 1 aliphatic heterocycles. The second-order valence-corrected chi connectivity index (χ2v) is 4.46. The van der Waals surface area contributed by atoms with Gasteiger partial charge in [0.25, 0.3) is 5.91 Å². The Labute approximate surface area is 113 Å². The van der Waals surface area contributed by atoms with E-state index in [1.54, 1.807) is 30.5 Å². The largest absolute Gasteiger partial charge is 0.320 e. The van der Waals surface area contributed by atoms with Gasteiger partial charge in [-0.1, -0.05) is 23.7 Å². The van der Waals surface area contributed by atoms with Gasteiger partial charge in [-0.15, -0.1) is 0 Å². The zero-order valence-corrected chi connectivity index (χ0v) is 10.4. The van der Waals surface area contributed by atoms with Crippen LogP contribution in [0.3, 0.4) is 0 Å². The number of rotatable bonds is 1. The molecule has 2 aromatic rings. The summed E-state index contributed by atoms with van der Waals surface area (Å²) < 4.78 is 13.8. The monoisotopic (exact) mass is 274 g/mol. The molecule has 1 N–H and O–H groups in total. The quantitative estimate of drug-likeness (QED) is 0.810. The van der Waals surface area contributed by atoms with Gasteiger partial charge < -0.3 is 5.32 Å². The number of carbonyl (C=O) groups is 1. The molecule has 0 atom stereocenters. The number of aromatic nitrogens is 1. The summed E-state index contributed by atoms with van der Waals surface area (Å²) in [4.78, 5) is 16.0. The fraction of sp³-hybridized carbons (Fsp3) is 0. The maximum atomic E-state index is 13.8. The van der Waals surface area contributed by atoms with E-state index in [0.29, 0.717) is 17.0 Å². The molecule has 0 bridgehead atoms. The lowest BCUT2D eigenvalue weighted by molar-refractivity contribution is -0.110. The van der Waals surface area contributed by atoms with Crippen LogP contribution < -0.4 is 5.32 Å². The van der Waals surface area contributed by atoms with Crippen LogP contribution in [0.4, 0.5) is 10.1 Å². The SMILES string of the molecule is O=C1Nc2cccnc2/C1=C/c1cccc(Cl)c1F. The summed E-state index contributed by atoms with van der Waals surface area (Å²) in [6.07, 6.45) is 3.04. The van der Waals surface area contributed by atoms with Crippen LogP contribution in [-0.4, -0.2) is 10.9 Å². The molecule has 2 heterocycles. The van der Waals surface area contributed by atoms with Gasteiger partial charge in [0.1, 0.15) is 5.82 Å². The maximum absolute atomic E-state index is 13.8. The molecule has 3 nitrogen and oxygen atoms in total. The highest BCUT2D eigenvalue weighted by Gasteiger charge is 2.25. The van der Waals surface area contributed by atoms with Crippen LogP contribution in [0.2, 0.25) is 5.02 Å². The van der Waals surface area contributed by atoms with Crippen molar-refractivity contribution in [3.05, 3.63) is 58.6 Å². The summed E-state index contributed by atoms with van der Waals surface area (Å²) in [5.74, 6) is -0.845. The second kappa shape index (κ2) is 4.48. The molecule has 1 aliphatic rings. The highest BCUT2D eigenvalue weighted by Crippen LogP contribution is 2.31. The lowest BCUT2D eigenvalue weighted by atomic mass is 10.1. The summed E-state index contributed by atoms with van der Waals surface area (Å²) in [6.45, 7) is 0. The molecule has 5 heteroatoms. The van der Waals surface area contributed by atoms with Gasteiger partial charge in [0, 0.05) is 11.8 Å². The molecule has 0 fully saturated rings. The van der Waals surface area contributed by atoms with Crippen LogP contribution in [0.25, 0.3) is 11.6 Å². The Morgan fingerprint density at radius 3 is 2.95 bits per heavy atom. The molecule has 1 amide bonds. The summed E-state index contributed by atoms with van der Waals surface area (Å²) in [6, 6.07) is 8.11. The van der Waals surface area contributed by atoms with Crippen molar-refractivity contribution in [2.24, 2.45) is 0 Å². The maximum Gasteiger partial charge on any atom is 0.258 e. The first-order chi connectivity index (χ1) is 9.16. The number of fused-ring (bicyclic) bond motifs is 1. The van der Waals surface area contributed by atoms with Crippen LogP contribution in [0.5, 0.6) is 0 Å². The van der Waals surface area contributed by atoms with Gasteiger partial charge in [0.2, 0.25) is 0 Å². The first kappa shape index (κ1) is 11.9. The van der Waals surface area contributed by atoms with Crippen LogP contribution in [-0.2, 0) is 4.79 Å². The number of hydrogen-bond acceptors (Lipinski definition) is 2. The fourth-order valence-electron chi connectivity index (χ4n) is 1.94. The van der Waals surface area contributed by atoms with E-state index in [4.69, 9.17) is 11.6 Å². The average molecular weight is 275 g/mol. The molecule has 0 saturated carbocycles. The van der Waals surface area contributed by atoms with E-state index in [1.807, 2.05) is 0 Å². The molecule has 0 saturated heterocycles. The molecule has 0 unspecified atom stereocenters. The first-order valence-corrected chi connectivity index (χ1v) is 5.97. The third-order valence-corrected chi connectivity index (χ3v) is 3.13. The summed E-state index contributed by atoms with van der Waals surface area (Å²) >= 11 is 5.72. The number of amides is 1. The zero-order chi connectivity index (χ0) is 13.4. The van der Waals surface area contributed by atoms with Crippen molar-refractivity contribution < 1.29 is 9.18 Å². The summed E-state index contributed by atoms with van der Waals surface area (Å²) in [5, 5.41) is 2.70. The lowest BCUT2D eigenvalue weighted by Crippen LogP contribution is -2.03. The van der Waals surface area contributed by atoms with Crippen molar-refractivity contribution >= 4 is 34.8 Å². The molecule has 1 aromatic carbocycles. The van der Waals surface area contributed by atoms with Gasteiger partial charge in [-0.05, 0) is 24.3 Å². The predicted octanol–water partition coefficient (Wildman–Crippen LogP) is 3.37. The Morgan fingerprint density at radius 2 is 2.11 bits per heavy atom. The average Bonchev–Trinajstić information content (AvgIpc) is 2.72. The molecular weight excluding hydrogens is 267 g/mol. The van der Waals surface area contributed by atoms with Gasteiger partial charge in [-0.2, -0.15) is 0 Å². The topological polar surface area (TPSA) is 42.0 Å². The van der Waals surface area contributed by atoms with E-state index in [1.165, 1.54) is 12.1 Å². The molecule has 0 radical (unpaired) electrons. The van der Waals surface area contributed by atoms with E-state index in [2.05, 4.69) is 10.3 Å². The lowest BCUT2D eigenvalue weighted by Gasteiger charge is -2.00. The highest BCUT2D eigenvalue weighted by atomic mass is 35.5. The second-order valence-electron chi connectivity index (χ2n) is 4.05. The van der Waals surface area contributed by atoms with E-state index < -0.39 is 5.82 Å². The standard InChI is InChI=1S/C14H8ClFN2O/c15-10-4-1-3-8(12(10)16)7-9-13-11(18-14(9)19)5-2-6-17-13/h1-7H,(H,18,19)/b9-7-. The minimum Gasteiger partial charge on any atom is -0.320 e. The molecule has 3 rings (SSSR count). The van der Waals surface area contributed by atoms with Gasteiger partial charge in [0.15, 0.2) is 0 Å².